The summed E-state index contributed by atoms with van der Waals surface area (Å²) in [7, 11) is 1.33. The van der Waals surface area contributed by atoms with E-state index in [1.54, 1.807) is 24.3 Å². The van der Waals surface area contributed by atoms with E-state index in [2.05, 4.69) is 41.6 Å². The lowest BCUT2D eigenvalue weighted by Crippen LogP contribution is -2.10. The predicted octanol–water partition coefficient (Wildman–Crippen LogP) is 4.60. The summed E-state index contributed by atoms with van der Waals surface area (Å²) in [6.07, 6.45) is 3.26. The van der Waals surface area contributed by atoms with Crippen LogP contribution in [-0.2, 0) is 16.1 Å². The molecule has 31 heavy (non-hydrogen) atoms. The van der Waals surface area contributed by atoms with E-state index < -0.39 is 5.97 Å². The topological polar surface area (TPSA) is 73.2 Å². The van der Waals surface area contributed by atoms with Crippen LogP contribution in [0.25, 0.3) is 6.08 Å². The average Bonchev–Trinajstić information content (AvgIpc) is 3.01. The minimum Gasteiger partial charge on any atom is -0.465 e. The SMILES string of the molecule is COC(=O)c1ccc(C)c(NC(=O)/C=C/c2c(C)nn(Cc3ccc(C)cc3)c2C)c1. The van der Waals surface area contributed by atoms with E-state index in [4.69, 9.17) is 4.74 Å². The molecule has 0 saturated carbocycles. The first-order valence-corrected chi connectivity index (χ1v) is 10.1. The van der Waals surface area contributed by atoms with E-state index in [0.29, 0.717) is 17.8 Å². The lowest BCUT2D eigenvalue weighted by molar-refractivity contribution is -0.111. The zero-order valence-corrected chi connectivity index (χ0v) is 18.5. The van der Waals surface area contributed by atoms with Gasteiger partial charge < -0.3 is 10.1 Å². The number of nitrogens with zero attached hydrogens (tertiary/aromatic N) is 2. The molecule has 0 spiro atoms. The second kappa shape index (κ2) is 9.43. The highest BCUT2D eigenvalue weighted by Gasteiger charge is 2.12. The molecular weight excluding hydrogens is 390 g/mol. The fraction of sp³-hybridized carbons (Fsp3) is 0.240. The van der Waals surface area contributed by atoms with Crippen molar-refractivity contribution >= 4 is 23.6 Å². The summed E-state index contributed by atoms with van der Waals surface area (Å²) in [5.41, 5.74) is 6.97. The Morgan fingerprint density at radius 2 is 1.77 bits per heavy atom. The number of rotatable bonds is 6. The number of hydrogen-bond acceptors (Lipinski definition) is 4. The molecule has 0 unspecified atom stereocenters. The molecule has 0 aliphatic heterocycles. The Labute approximate surface area is 182 Å². The van der Waals surface area contributed by atoms with Gasteiger partial charge in [-0.1, -0.05) is 35.9 Å². The van der Waals surface area contributed by atoms with Crippen LogP contribution in [0.2, 0.25) is 0 Å². The molecule has 0 bridgehead atoms. The van der Waals surface area contributed by atoms with Crippen molar-refractivity contribution in [3.63, 3.8) is 0 Å². The first-order chi connectivity index (χ1) is 14.8. The Morgan fingerprint density at radius 1 is 1.06 bits per heavy atom. The average molecular weight is 418 g/mol. The summed E-state index contributed by atoms with van der Waals surface area (Å²) in [5, 5.41) is 7.46. The standard InChI is InChI=1S/C25H27N3O3/c1-16-6-9-20(10-7-16)15-28-19(4)22(18(3)27-28)12-13-24(29)26-23-14-21(25(30)31-5)11-8-17(23)2/h6-14H,15H2,1-5H3,(H,26,29)/b13-12+. The highest BCUT2D eigenvalue weighted by molar-refractivity contribution is 6.03. The normalized spacial score (nSPS) is 11.0. The number of nitrogens with one attached hydrogen (secondary N) is 1. The van der Waals surface area contributed by atoms with Crippen molar-refractivity contribution in [1.29, 1.82) is 0 Å². The number of amides is 1. The van der Waals surface area contributed by atoms with Crippen LogP contribution in [0.5, 0.6) is 0 Å². The molecule has 0 aliphatic carbocycles. The smallest absolute Gasteiger partial charge is 0.337 e. The fourth-order valence-corrected chi connectivity index (χ4v) is 3.31. The van der Waals surface area contributed by atoms with Gasteiger partial charge in [-0.05, 0) is 57.0 Å². The van der Waals surface area contributed by atoms with Gasteiger partial charge in [-0.3, -0.25) is 9.48 Å². The fourth-order valence-electron chi connectivity index (χ4n) is 3.31. The number of methoxy groups -OCH3 is 1. The van der Waals surface area contributed by atoms with Crippen LogP contribution in [0.1, 0.15) is 44.0 Å². The molecule has 3 rings (SSSR count). The van der Waals surface area contributed by atoms with Gasteiger partial charge in [0.25, 0.3) is 0 Å². The summed E-state index contributed by atoms with van der Waals surface area (Å²) in [6, 6.07) is 13.4. The molecule has 1 heterocycles. The van der Waals surface area contributed by atoms with Gasteiger partial charge in [0.05, 0.1) is 24.9 Å². The maximum atomic E-state index is 12.5. The Kier molecular flexibility index (Phi) is 6.70. The minimum atomic E-state index is -0.446. The van der Waals surface area contributed by atoms with Crippen LogP contribution >= 0.6 is 0 Å². The third-order valence-electron chi connectivity index (χ3n) is 5.21. The number of aryl methyl sites for hydroxylation is 3. The van der Waals surface area contributed by atoms with Crippen LogP contribution in [0.3, 0.4) is 0 Å². The van der Waals surface area contributed by atoms with Crippen molar-refractivity contribution in [3.8, 4) is 0 Å². The first kappa shape index (κ1) is 22.0. The number of ether oxygens (including phenoxy) is 1. The first-order valence-electron chi connectivity index (χ1n) is 10.1. The van der Waals surface area contributed by atoms with Gasteiger partial charge in [0.2, 0.25) is 5.91 Å². The Hall–Kier alpha value is -3.67. The largest absolute Gasteiger partial charge is 0.465 e. The number of hydrogen-bond donors (Lipinski definition) is 1. The van der Waals surface area contributed by atoms with Crippen molar-refractivity contribution in [3.05, 3.63) is 87.7 Å². The molecule has 6 nitrogen and oxygen atoms in total. The maximum absolute atomic E-state index is 12.5. The van der Waals surface area contributed by atoms with Gasteiger partial charge in [0, 0.05) is 23.0 Å². The Bertz CT molecular complexity index is 1140. The van der Waals surface area contributed by atoms with Crippen LogP contribution < -0.4 is 5.32 Å². The Morgan fingerprint density at radius 3 is 2.45 bits per heavy atom. The number of carbonyl (C=O) groups is 2. The lowest BCUT2D eigenvalue weighted by Gasteiger charge is -2.08. The second-order valence-electron chi connectivity index (χ2n) is 7.57. The summed E-state index contributed by atoms with van der Waals surface area (Å²) in [4.78, 5) is 24.2. The summed E-state index contributed by atoms with van der Waals surface area (Å²) in [5.74, 6) is -0.728. The molecule has 1 amide bonds. The minimum absolute atomic E-state index is 0.282. The molecule has 1 N–H and O–H groups in total. The van der Waals surface area contributed by atoms with Gasteiger partial charge in [0.1, 0.15) is 0 Å². The van der Waals surface area contributed by atoms with Crippen LogP contribution in [0.4, 0.5) is 5.69 Å². The molecule has 0 radical (unpaired) electrons. The number of carbonyl (C=O) groups excluding carboxylic acids is 2. The van der Waals surface area contributed by atoms with Gasteiger partial charge in [-0.2, -0.15) is 5.10 Å². The number of anilines is 1. The summed E-state index contributed by atoms with van der Waals surface area (Å²) >= 11 is 0. The quantitative estimate of drug-likeness (QED) is 0.470. The van der Waals surface area contributed by atoms with Crippen molar-refractivity contribution in [2.75, 3.05) is 12.4 Å². The molecule has 1 aromatic heterocycles. The zero-order chi connectivity index (χ0) is 22.5. The third kappa shape index (κ3) is 5.28. The molecule has 6 heteroatoms. The van der Waals surface area contributed by atoms with E-state index in [1.165, 1.54) is 24.3 Å². The number of aromatic nitrogens is 2. The molecular formula is C25H27N3O3. The summed E-state index contributed by atoms with van der Waals surface area (Å²) < 4.78 is 6.69. The van der Waals surface area contributed by atoms with E-state index in [9.17, 15) is 9.59 Å². The summed E-state index contributed by atoms with van der Waals surface area (Å²) in [6.45, 7) is 8.53. The molecule has 0 fully saturated rings. The van der Waals surface area contributed by atoms with Crippen molar-refractivity contribution < 1.29 is 14.3 Å². The van der Waals surface area contributed by atoms with Gasteiger partial charge in [0.15, 0.2) is 0 Å². The Balaban J connectivity index is 1.74. The molecule has 0 saturated heterocycles. The van der Waals surface area contributed by atoms with Crippen LogP contribution in [0, 0.1) is 27.7 Å². The van der Waals surface area contributed by atoms with Crippen molar-refractivity contribution in [1.82, 2.24) is 9.78 Å². The highest BCUT2D eigenvalue weighted by Crippen LogP contribution is 2.19. The van der Waals surface area contributed by atoms with Gasteiger partial charge in [-0.15, -0.1) is 0 Å². The predicted molar refractivity (Wildman–Crippen MR) is 122 cm³/mol. The number of benzene rings is 2. The van der Waals surface area contributed by atoms with Crippen LogP contribution in [-0.4, -0.2) is 28.8 Å². The maximum Gasteiger partial charge on any atom is 0.337 e. The number of esters is 1. The van der Waals surface area contributed by atoms with Crippen molar-refractivity contribution in [2.45, 2.75) is 34.2 Å². The van der Waals surface area contributed by atoms with E-state index in [1.807, 2.05) is 25.5 Å². The second-order valence-corrected chi connectivity index (χ2v) is 7.57. The zero-order valence-electron chi connectivity index (χ0n) is 18.5. The van der Waals surface area contributed by atoms with Gasteiger partial charge in [-0.25, -0.2) is 4.79 Å². The molecule has 2 aromatic carbocycles. The molecule has 0 aliphatic rings. The van der Waals surface area contributed by atoms with E-state index in [-0.39, 0.29) is 5.91 Å². The van der Waals surface area contributed by atoms with Gasteiger partial charge >= 0.3 is 5.97 Å². The molecule has 3 aromatic rings. The molecule has 160 valence electrons. The molecule has 0 atom stereocenters. The van der Waals surface area contributed by atoms with E-state index >= 15 is 0 Å². The lowest BCUT2D eigenvalue weighted by atomic mass is 10.1. The van der Waals surface area contributed by atoms with Crippen LogP contribution in [0.15, 0.2) is 48.5 Å². The van der Waals surface area contributed by atoms with E-state index in [0.717, 1.165) is 22.5 Å². The van der Waals surface area contributed by atoms with Crippen molar-refractivity contribution in [2.24, 2.45) is 0 Å². The monoisotopic (exact) mass is 417 g/mol. The highest BCUT2D eigenvalue weighted by atomic mass is 16.5. The third-order valence-corrected chi connectivity index (χ3v) is 5.21.